The van der Waals surface area contributed by atoms with Gasteiger partial charge < -0.3 is 15.4 Å². The molecule has 0 saturated heterocycles. The van der Waals surface area contributed by atoms with Crippen LogP contribution in [0.3, 0.4) is 0 Å². The second kappa shape index (κ2) is 10.3. The van der Waals surface area contributed by atoms with Crippen LogP contribution in [0.15, 0.2) is 11.1 Å². The van der Waals surface area contributed by atoms with Gasteiger partial charge in [0.05, 0.1) is 35.7 Å². The highest BCUT2D eigenvalue weighted by Gasteiger charge is 2.17. The third-order valence-corrected chi connectivity index (χ3v) is 3.95. The molecule has 1 rings (SSSR count). The molecular weight excluding hydrogens is 344 g/mol. The number of thioether (sulfide) groups is 1. The van der Waals surface area contributed by atoms with Gasteiger partial charge in [-0.2, -0.15) is 5.26 Å². The van der Waals surface area contributed by atoms with Crippen molar-refractivity contribution in [2.75, 3.05) is 25.4 Å². The predicted molar refractivity (Wildman–Crippen MR) is 92.1 cm³/mol. The van der Waals surface area contributed by atoms with Crippen LogP contribution in [-0.2, 0) is 14.3 Å². The zero-order valence-electron chi connectivity index (χ0n) is 14.3. The number of hydrogen-bond acceptors (Lipinski definition) is 7. The fourth-order valence-corrected chi connectivity index (χ4v) is 2.64. The van der Waals surface area contributed by atoms with Crippen LogP contribution in [0.1, 0.15) is 35.5 Å². The largest absolute Gasteiger partial charge is 0.462 e. The standard InChI is InChI=1S/C16H20N4O4S/c1-4-18-13(21)8-19-14(22)9-25-15-11(7-17)6-12(10(3)20-15)16(23)24-5-2/h6H,4-5,8-9H2,1-3H3,(H,18,21)(H,19,22). The Kier molecular flexibility index (Phi) is 8.43. The summed E-state index contributed by atoms with van der Waals surface area (Å²) >= 11 is 1.06. The number of ether oxygens (including phenoxy) is 1. The van der Waals surface area contributed by atoms with Crippen LogP contribution in [0.2, 0.25) is 0 Å². The van der Waals surface area contributed by atoms with Crippen molar-refractivity contribution < 1.29 is 19.1 Å². The maximum atomic E-state index is 11.8. The first-order valence-corrected chi connectivity index (χ1v) is 8.66. The number of nitrogens with zero attached hydrogens (tertiary/aromatic N) is 2. The van der Waals surface area contributed by atoms with Crippen molar-refractivity contribution in [1.82, 2.24) is 15.6 Å². The number of carbonyl (C=O) groups is 3. The lowest BCUT2D eigenvalue weighted by molar-refractivity contribution is -0.124. The van der Waals surface area contributed by atoms with Crippen LogP contribution in [0, 0.1) is 18.3 Å². The molecular formula is C16H20N4O4S. The summed E-state index contributed by atoms with van der Waals surface area (Å²) in [5.41, 5.74) is 0.835. The van der Waals surface area contributed by atoms with Gasteiger partial charge in [-0.15, -0.1) is 0 Å². The highest BCUT2D eigenvalue weighted by atomic mass is 32.2. The first-order valence-electron chi connectivity index (χ1n) is 7.67. The Balaban J connectivity index is 2.74. The Labute approximate surface area is 150 Å². The minimum atomic E-state index is -0.541. The van der Waals surface area contributed by atoms with E-state index in [-0.39, 0.29) is 41.8 Å². The monoisotopic (exact) mass is 364 g/mol. The van der Waals surface area contributed by atoms with E-state index in [0.29, 0.717) is 17.3 Å². The molecule has 0 aliphatic rings. The van der Waals surface area contributed by atoms with Crippen molar-refractivity contribution in [3.05, 3.63) is 22.9 Å². The molecule has 0 aliphatic carbocycles. The van der Waals surface area contributed by atoms with Gasteiger partial charge in [0.1, 0.15) is 11.1 Å². The van der Waals surface area contributed by atoms with Crippen LogP contribution >= 0.6 is 11.8 Å². The van der Waals surface area contributed by atoms with Crippen molar-refractivity contribution in [3.63, 3.8) is 0 Å². The predicted octanol–water partition coefficient (Wildman–Crippen LogP) is 0.783. The molecule has 2 N–H and O–H groups in total. The molecule has 0 fully saturated rings. The molecule has 0 unspecified atom stereocenters. The molecule has 25 heavy (non-hydrogen) atoms. The number of hydrogen-bond donors (Lipinski definition) is 2. The maximum absolute atomic E-state index is 11.8. The molecule has 2 amide bonds. The van der Waals surface area contributed by atoms with E-state index in [0.717, 1.165) is 11.8 Å². The molecule has 0 saturated carbocycles. The first-order chi connectivity index (χ1) is 11.9. The summed E-state index contributed by atoms with van der Waals surface area (Å²) in [5, 5.41) is 14.6. The van der Waals surface area contributed by atoms with Gasteiger partial charge in [0, 0.05) is 6.54 Å². The summed E-state index contributed by atoms with van der Waals surface area (Å²) in [4.78, 5) is 39.1. The van der Waals surface area contributed by atoms with Gasteiger partial charge >= 0.3 is 5.97 Å². The Morgan fingerprint density at radius 2 is 2.00 bits per heavy atom. The molecule has 0 radical (unpaired) electrons. The maximum Gasteiger partial charge on any atom is 0.340 e. The summed E-state index contributed by atoms with van der Waals surface area (Å²) in [6.07, 6.45) is 0. The molecule has 0 aromatic carbocycles. The van der Waals surface area contributed by atoms with Crippen LogP contribution in [-0.4, -0.2) is 48.2 Å². The van der Waals surface area contributed by atoms with E-state index < -0.39 is 5.97 Å². The lowest BCUT2D eigenvalue weighted by atomic mass is 10.1. The average molecular weight is 364 g/mol. The van der Waals surface area contributed by atoms with Gasteiger partial charge in [-0.05, 0) is 26.8 Å². The van der Waals surface area contributed by atoms with Crippen LogP contribution in [0.25, 0.3) is 0 Å². The smallest absolute Gasteiger partial charge is 0.340 e. The van der Waals surface area contributed by atoms with Gasteiger partial charge in [-0.1, -0.05) is 11.8 Å². The van der Waals surface area contributed by atoms with E-state index in [2.05, 4.69) is 15.6 Å². The molecule has 8 nitrogen and oxygen atoms in total. The third kappa shape index (κ3) is 6.43. The van der Waals surface area contributed by atoms with Crippen LogP contribution < -0.4 is 10.6 Å². The highest BCUT2D eigenvalue weighted by Crippen LogP contribution is 2.23. The number of aryl methyl sites for hydroxylation is 1. The molecule has 0 spiro atoms. The van der Waals surface area contributed by atoms with Gasteiger partial charge in [0.2, 0.25) is 11.8 Å². The third-order valence-electron chi connectivity index (χ3n) is 2.95. The normalized spacial score (nSPS) is 9.84. The van der Waals surface area contributed by atoms with Gasteiger partial charge in [-0.3, -0.25) is 9.59 Å². The van der Waals surface area contributed by atoms with E-state index in [1.54, 1.807) is 20.8 Å². The molecule has 9 heteroatoms. The topological polar surface area (TPSA) is 121 Å². The molecule has 1 aromatic heterocycles. The van der Waals surface area contributed by atoms with Crippen molar-refractivity contribution in [1.29, 1.82) is 5.26 Å². The number of rotatable bonds is 8. The number of aromatic nitrogens is 1. The van der Waals surface area contributed by atoms with Gasteiger partial charge in [0.15, 0.2) is 0 Å². The number of carbonyl (C=O) groups excluding carboxylic acids is 3. The van der Waals surface area contributed by atoms with E-state index in [9.17, 15) is 19.6 Å². The Hall–Kier alpha value is -2.60. The molecule has 0 atom stereocenters. The first kappa shape index (κ1) is 20.4. The van der Waals surface area contributed by atoms with E-state index in [1.165, 1.54) is 6.07 Å². The second-order valence-electron chi connectivity index (χ2n) is 4.83. The highest BCUT2D eigenvalue weighted by molar-refractivity contribution is 8.00. The Morgan fingerprint density at radius 1 is 1.28 bits per heavy atom. The number of nitrogens with one attached hydrogen (secondary N) is 2. The quantitative estimate of drug-likeness (QED) is 0.516. The summed E-state index contributed by atoms with van der Waals surface area (Å²) in [6, 6.07) is 3.38. The number of likely N-dealkylation sites (N-methyl/N-ethyl adjacent to an activating group) is 1. The molecule has 0 aliphatic heterocycles. The van der Waals surface area contributed by atoms with Gasteiger partial charge in [0.25, 0.3) is 0 Å². The van der Waals surface area contributed by atoms with Crippen molar-refractivity contribution in [2.24, 2.45) is 0 Å². The zero-order chi connectivity index (χ0) is 18.8. The lowest BCUT2D eigenvalue weighted by Crippen LogP contribution is -2.37. The Morgan fingerprint density at radius 3 is 2.60 bits per heavy atom. The zero-order valence-corrected chi connectivity index (χ0v) is 15.2. The van der Waals surface area contributed by atoms with Gasteiger partial charge in [-0.25, -0.2) is 9.78 Å². The molecule has 0 bridgehead atoms. The van der Waals surface area contributed by atoms with E-state index >= 15 is 0 Å². The van der Waals surface area contributed by atoms with E-state index in [4.69, 9.17) is 4.74 Å². The molecule has 134 valence electrons. The molecule has 1 heterocycles. The summed E-state index contributed by atoms with van der Waals surface area (Å²) in [5.74, 6) is -1.17. The minimum Gasteiger partial charge on any atom is -0.462 e. The SMILES string of the molecule is CCNC(=O)CNC(=O)CSc1nc(C)c(C(=O)OCC)cc1C#N. The number of amides is 2. The summed E-state index contributed by atoms with van der Waals surface area (Å²) in [7, 11) is 0. The van der Waals surface area contributed by atoms with Crippen LogP contribution in [0.5, 0.6) is 0 Å². The summed E-state index contributed by atoms with van der Waals surface area (Å²) in [6.45, 7) is 5.72. The van der Waals surface area contributed by atoms with Crippen LogP contribution in [0.4, 0.5) is 0 Å². The van der Waals surface area contributed by atoms with Crippen molar-refractivity contribution >= 4 is 29.5 Å². The summed E-state index contributed by atoms with van der Waals surface area (Å²) < 4.78 is 4.92. The van der Waals surface area contributed by atoms with E-state index in [1.807, 2.05) is 6.07 Å². The van der Waals surface area contributed by atoms with Crippen molar-refractivity contribution in [2.45, 2.75) is 25.8 Å². The second-order valence-corrected chi connectivity index (χ2v) is 5.79. The number of esters is 1. The molecule has 1 aromatic rings. The fraction of sp³-hybridized carbons (Fsp3) is 0.438. The number of pyridine rings is 1. The fourth-order valence-electron chi connectivity index (χ4n) is 1.81. The lowest BCUT2D eigenvalue weighted by Gasteiger charge is -2.09. The minimum absolute atomic E-state index is 0.000716. The Bertz CT molecular complexity index is 700. The average Bonchev–Trinajstić information content (AvgIpc) is 2.58. The van der Waals surface area contributed by atoms with Crippen molar-refractivity contribution in [3.8, 4) is 6.07 Å². The number of nitriles is 1.